The monoisotopic (exact) mass is 357 g/mol. The van der Waals surface area contributed by atoms with Crippen molar-refractivity contribution in [3.8, 4) is 5.75 Å². The minimum Gasteiger partial charge on any atom is -0.485 e. The molecule has 3 heterocycles. The summed E-state index contributed by atoms with van der Waals surface area (Å²) >= 11 is 6.10. The fraction of sp³-hybridized carbons (Fsp3) is 0.278. The van der Waals surface area contributed by atoms with Crippen LogP contribution in [0.15, 0.2) is 34.9 Å². The molecule has 0 radical (unpaired) electrons. The highest BCUT2D eigenvalue weighted by atomic mass is 35.5. The molecule has 3 aromatic rings. The Bertz CT molecular complexity index is 963. The van der Waals surface area contributed by atoms with Crippen LogP contribution in [-0.2, 0) is 0 Å². The predicted octanol–water partition coefficient (Wildman–Crippen LogP) is 3.40. The summed E-state index contributed by atoms with van der Waals surface area (Å²) < 4.78 is 11.0. The van der Waals surface area contributed by atoms with Crippen LogP contribution in [0.5, 0.6) is 5.75 Å². The number of carbonyl (C=O) groups is 1. The van der Waals surface area contributed by atoms with E-state index in [0.717, 1.165) is 5.69 Å². The van der Waals surface area contributed by atoms with E-state index in [2.05, 4.69) is 10.1 Å². The van der Waals surface area contributed by atoms with Gasteiger partial charge < -0.3 is 14.2 Å². The quantitative estimate of drug-likeness (QED) is 0.718. The first kappa shape index (κ1) is 15.9. The van der Waals surface area contributed by atoms with E-state index < -0.39 is 0 Å². The van der Waals surface area contributed by atoms with Crippen molar-refractivity contribution in [1.82, 2.24) is 15.0 Å². The van der Waals surface area contributed by atoms with Gasteiger partial charge >= 0.3 is 0 Å². The Morgan fingerprint density at radius 1 is 1.32 bits per heavy atom. The molecule has 1 aliphatic heterocycles. The zero-order valence-electron chi connectivity index (χ0n) is 13.8. The molecule has 0 N–H and O–H groups in total. The van der Waals surface area contributed by atoms with E-state index in [-0.39, 0.29) is 12.0 Å². The Hall–Kier alpha value is -2.60. The lowest BCUT2D eigenvalue weighted by atomic mass is 10.1. The minimum atomic E-state index is -0.0687. The number of ether oxygens (including phenoxy) is 1. The van der Waals surface area contributed by atoms with E-state index in [1.54, 1.807) is 24.0 Å². The first-order valence-electron chi connectivity index (χ1n) is 7.97. The third kappa shape index (κ3) is 2.82. The number of fused-ring (bicyclic) bond motifs is 1. The molecule has 1 saturated heterocycles. The molecule has 6 nitrogen and oxygen atoms in total. The maximum atomic E-state index is 12.9. The fourth-order valence-corrected chi connectivity index (χ4v) is 3.14. The van der Waals surface area contributed by atoms with Crippen LogP contribution in [0.2, 0.25) is 5.02 Å². The van der Waals surface area contributed by atoms with Crippen LogP contribution in [0.3, 0.4) is 0 Å². The van der Waals surface area contributed by atoms with E-state index in [0.29, 0.717) is 46.2 Å². The van der Waals surface area contributed by atoms with Crippen molar-refractivity contribution in [1.29, 1.82) is 0 Å². The Labute approximate surface area is 149 Å². The Balaban J connectivity index is 1.51. The molecule has 25 heavy (non-hydrogen) atoms. The van der Waals surface area contributed by atoms with Gasteiger partial charge in [-0.2, -0.15) is 0 Å². The molecule has 7 heteroatoms. The van der Waals surface area contributed by atoms with Crippen molar-refractivity contribution in [3.05, 3.63) is 52.3 Å². The molecule has 0 bridgehead atoms. The van der Waals surface area contributed by atoms with E-state index in [9.17, 15) is 4.79 Å². The second-order valence-electron chi connectivity index (χ2n) is 6.14. The molecule has 1 fully saturated rings. The summed E-state index contributed by atoms with van der Waals surface area (Å²) in [6, 6.07) is 9.10. The molecule has 0 saturated carbocycles. The van der Waals surface area contributed by atoms with Crippen LogP contribution in [0, 0.1) is 13.8 Å². The molecule has 128 valence electrons. The Morgan fingerprint density at radius 3 is 2.84 bits per heavy atom. The summed E-state index contributed by atoms with van der Waals surface area (Å²) in [6.07, 6.45) is -0.0640. The Morgan fingerprint density at radius 2 is 2.08 bits per heavy atom. The number of aryl methyl sites for hydroxylation is 2. The fourth-order valence-electron chi connectivity index (χ4n) is 2.96. The van der Waals surface area contributed by atoms with Crippen molar-refractivity contribution in [2.24, 2.45) is 0 Å². The van der Waals surface area contributed by atoms with Crippen LogP contribution in [0.25, 0.3) is 11.1 Å². The summed E-state index contributed by atoms with van der Waals surface area (Å²) in [5.74, 6) is 0.569. The molecular weight excluding hydrogens is 342 g/mol. The molecule has 2 aromatic heterocycles. The summed E-state index contributed by atoms with van der Waals surface area (Å²) in [6.45, 7) is 4.65. The first-order chi connectivity index (χ1) is 12.0. The maximum Gasteiger partial charge on any atom is 0.258 e. The van der Waals surface area contributed by atoms with Crippen molar-refractivity contribution in [3.63, 3.8) is 0 Å². The number of carbonyl (C=O) groups excluding carboxylic acids is 1. The maximum absolute atomic E-state index is 12.9. The number of nitrogens with zero attached hydrogens (tertiary/aromatic N) is 3. The highest BCUT2D eigenvalue weighted by molar-refractivity contribution is 6.32. The summed E-state index contributed by atoms with van der Waals surface area (Å²) in [4.78, 5) is 18.9. The molecule has 0 spiro atoms. The third-order valence-electron chi connectivity index (χ3n) is 4.24. The van der Waals surface area contributed by atoms with E-state index in [1.165, 1.54) is 0 Å². The van der Waals surface area contributed by atoms with E-state index >= 15 is 0 Å². The number of benzene rings is 1. The first-order valence-corrected chi connectivity index (χ1v) is 8.35. The van der Waals surface area contributed by atoms with Gasteiger partial charge in [0.05, 0.1) is 34.8 Å². The highest BCUT2D eigenvalue weighted by Gasteiger charge is 2.34. The van der Waals surface area contributed by atoms with Crippen LogP contribution in [0.4, 0.5) is 0 Å². The average Bonchev–Trinajstić information content (AvgIpc) is 2.91. The van der Waals surface area contributed by atoms with Crippen molar-refractivity contribution >= 4 is 28.6 Å². The molecule has 0 aliphatic carbocycles. The third-order valence-corrected chi connectivity index (χ3v) is 4.55. The van der Waals surface area contributed by atoms with Crippen LogP contribution >= 0.6 is 11.6 Å². The lowest BCUT2D eigenvalue weighted by Gasteiger charge is -2.39. The van der Waals surface area contributed by atoms with Gasteiger partial charge in [0, 0.05) is 5.69 Å². The molecule has 0 atom stereocenters. The van der Waals surface area contributed by atoms with Crippen LogP contribution in [0.1, 0.15) is 21.7 Å². The van der Waals surface area contributed by atoms with Gasteiger partial charge in [0.2, 0.25) is 0 Å². The average molecular weight is 358 g/mol. The van der Waals surface area contributed by atoms with Gasteiger partial charge in [-0.15, -0.1) is 0 Å². The van der Waals surface area contributed by atoms with Crippen LogP contribution < -0.4 is 4.74 Å². The Kier molecular flexibility index (Phi) is 3.84. The minimum absolute atomic E-state index is 0.0640. The number of hydrogen-bond acceptors (Lipinski definition) is 5. The molecular formula is C18H16ClN3O3. The number of halogens is 1. The van der Waals surface area contributed by atoms with Gasteiger partial charge in [0.1, 0.15) is 11.9 Å². The lowest BCUT2D eigenvalue weighted by Crippen LogP contribution is -2.56. The van der Waals surface area contributed by atoms with Gasteiger partial charge in [-0.1, -0.05) is 28.9 Å². The number of rotatable bonds is 3. The summed E-state index contributed by atoms with van der Waals surface area (Å²) in [5, 5.41) is 5.16. The number of hydrogen-bond donors (Lipinski definition) is 0. The van der Waals surface area contributed by atoms with Crippen molar-refractivity contribution in [2.45, 2.75) is 20.0 Å². The SMILES string of the molecule is Cc1cc(C(=O)N2CC(Oc3ccccc3Cl)C2)c2c(C)noc2n1. The predicted molar refractivity (Wildman–Crippen MR) is 93.0 cm³/mol. The second-order valence-corrected chi connectivity index (χ2v) is 6.55. The topological polar surface area (TPSA) is 68.5 Å². The summed E-state index contributed by atoms with van der Waals surface area (Å²) in [7, 11) is 0. The number of amides is 1. The van der Waals surface area contributed by atoms with Gasteiger partial charge in [-0.25, -0.2) is 4.98 Å². The van der Waals surface area contributed by atoms with Gasteiger partial charge in [-0.05, 0) is 32.0 Å². The second kappa shape index (κ2) is 6.04. The number of pyridine rings is 1. The normalized spacial score (nSPS) is 14.6. The lowest BCUT2D eigenvalue weighted by molar-refractivity contribution is 0.0179. The van der Waals surface area contributed by atoms with Crippen LogP contribution in [-0.4, -0.2) is 40.1 Å². The standard InChI is InChI=1S/C18H16ClN3O3/c1-10-7-13(16-11(2)21-25-17(16)20-10)18(23)22-8-12(9-22)24-15-6-4-3-5-14(15)19/h3-7,12H,8-9H2,1-2H3. The molecule has 0 unspecified atom stereocenters. The molecule has 1 aromatic carbocycles. The van der Waals surface area contributed by atoms with E-state index in [1.807, 2.05) is 25.1 Å². The summed E-state index contributed by atoms with van der Waals surface area (Å²) in [5.41, 5.74) is 2.34. The zero-order valence-corrected chi connectivity index (χ0v) is 14.6. The van der Waals surface area contributed by atoms with E-state index in [4.69, 9.17) is 20.9 Å². The molecule has 1 aliphatic rings. The molecule has 4 rings (SSSR count). The van der Waals surface area contributed by atoms with Gasteiger partial charge in [0.15, 0.2) is 0 Å². The smallest absolute Gasteiger partial charge is 0.258 e. The highest BCUT2D eigenvalue weighted by Crippen LogP contribution is 2.28. The number of likely N-dealkylation sites (tertiary alicyclic amines) is 1. The van der Waals surface area contributed by atoms with Crippen molar-refractivity contribution in [2.75, 3.05) is 13.1 Å². The van der Waals surface area contributed by atoms with Crippen molar-refractivity contribution < 1.29 is 14.1 Å². The number of aromatic nitrogens is 2. The van der Waals surface area contributed by atoms with Gasteiger partial charge in [0.25, 0.3) is 11.6 Å². The number of para-hydroxylation sites is 1. The largest absolute Gasteiger partial charge is 0.485 e. The molecule has 1 amide bonds. The zero-order chi connectivity index (χ0) is 17.6. The van der Waals surface area contributed by atoms with Gasteiger partial charge in [-0.3, -0.25) is 4.79 Å².